The maximum atomic E-state index is 11.6. The number of hydrogen-bond donors (Lipinski definition) is 27. The summed E-state index contributed by atoms with van der Waals surface area (Å²) in [7, 11) is 58.6. The van der Waals surface area contributed by atoms with Crippen LogP contribution >= 0.6 is 11.8 Å². The molecule has 2 unspecified atom stereocenters. The van der Waals surface area contributed by atoms with Crippen LogP contribution in [0.3, 0.4) is 0 Å². The van der Waals surface area contributed by atoms with Crippen molar-refractivity contribution in [3.8, 4) is 0 Å². The highest BCUT2D eigenvalue weighted by Crippen LogP contribution is 2.15. The third-order valence-corrected chi connectivity index (χ3v) is 7.88. The highest BCUT2D eigenvalue weighted by atomic mass is 32.2. The van der Waals surface area contributed by atoms with Crippen molar-refractivity contribution in [1.82, 2.24) is 31.9 Å². The smallest absolute Gasteiger partial charge is 0.333 e. The summed E-state index contributed by atoms with van der Waals surface area (Å²) in [5, 5.41) is 14.7. The number of ether oxygens (including phenoxy) is 9. The number of esters is 3. The maximum Gasteiger partial charge on any atom is 0.333 e. The average Bonchev–Trinajstić information content (AvgIpc) is 0.934. The molecule has 0 bridgehead atoms. The Morgan fingerprint density at radius 2 is 0.492 bits per heavy atom. The van der Waals surface area contributed by atoms with Crippen molar-refractivity contribution in [2.45, 2.75) is 95.0 Å². The summed E-state index contributed by atoms with van der Waals surface area (Å²) in [6.45, 7) is 30.5. The highest BCUT2D eigenvalue weighted by molar-refractivity contribution is 7.99. The fourth-order valence-electron chi connectivity index (χ4n) is 2.77. The van der Waals surface area contributed by atoms with E-state index in [2.05, 4.69) is 236 Å². The van der Waals surface area contributed by atoms with Gasteiger partial charge in [0.2, 0.25) is 41.4 Å². The van der Waals surface area contributed by atoms with Gasteiger partial charge in [0.05, 0.1) is 56.2 Å². The van der Waals surface area contributed by atoms with Crippen LogP contribution in [0.1, 0.15) is 89.0 Å². The van der Waals surface area contributed by atoms with Crippen LogP contribution in [0.5, 0.6) is 0 Å². The van der Waals surface area contributed by atoms with Crippen molar-refractivity contribution in [1.29, 1.82) is 0 Å². The lowest BCUT2D eigenvalue weighted by Crippen LogP contribution is -2.36. The summed E-state index contributed by atoms with van der Waals surface area (Å²) in [4.78, 5) is 125. The molecule has 0 fully saturated rings. The second-order valence-corrected chi connectivity index (χ2v) is 15.9. The van der Waals surface area contributed by atoms with Crippen LogP contribution in [0, 0.1) is 5.92 Å². The van der Waals surface area contributed by atoms with E-state index in [9.17, 15) is 47.9 Å². The minimum atomic E-state index is -0.525. The van der Waals surface area contributed by atoms with E-state index in [0.717, 1.165) is 0 Å². The number of carbonyl (C=O) groups excluding carboxylic acids is 10. The van der Waals surface area contributed by atoms with Gasteiger partial charge in [0, 0.05) is 154 Å². The molecule has 0 saturated carbocycles. The van der Waals surface area contributed by atoms with Crippen LogP contribution in [0.2, 0.25) is 0 Å². The summed E-state index contributed by atoms with van der Waals surface area (Å²) in [5.41, 5.74) is 96.1. The van der Waals surface area contributed by atoms with Crippen LogP contribution < -0.4 is 152 Å². The number of thioether (sulfide) groups is 1. The standard InChI is InChI=1S/C17H28N2O6S.C5H8O2.11C3H7NO.C2H6.C2H4.20CH5N/c1-11(2)17(23)25-7-6-24-15(21)5-8-26-10-14(16(18)22)9-12(3)19-13(4)20;1-4(2)5(6)7-3;6*1-4-3-5-2;5*1-3(5)4-2;22*1-2/h12,14H,1,5-10H2,2-4H3,(H2,18,22)(H,19,20);1H2,2-3H3;6*3H,1-2H3;5*1-2H3,(H,4,5);1-2H3;1-2H2;20*2H2,1H3. The zero-order valence-corrected chi connectivity index (χ0v) is 93.5. The Labute approximate surface area is 810 Å². The molecule has 132 heavy (non-hydrogen) atoms. The summed E-state index contributed by atoms with van der Waals surface area (Å²) >= 11 is 1.42. The molecule has 0 aromatic carbocycles. The van der Waals surface area contributed by atoms with Gasteiger partial charge in [-0.25, -0.2) is 9.59 Å². The minimum Gasteiger partial charge on any atom is -0.487 e. The van der Waals surface area contributed by atoms with Gasteiger partial charge in [0.15, 0.2) is 38.4 Å². The zero-order valence-electron chi connectivity index (χ0n) is 92.7. The summed E-state index contributed by atoms with van der Waals surface area (Å²) < 4.78 is 40.4. The molecule has 0 heterocycles. The molecule has 0 radical (unpaired) electrons. The van der Waals surface area contributed by atoms with E-state index in [-0.39, 0.29) is 78.6 Å². The van der Waals surface area contributed by atoms with Gasteiger partial charge < -0.3 is 195 Å². The topological polar surface area (TPSA) is 947 Å². The van der Waals surface area contributed by atoms with E-state index < -0.39 is 17.8 Å². The molecule has 7 amide bonds. The number of carbonyl (C=O) groups is 10. The number of primary amides is 1. The van der Waals surface area contributed by atoms with E-state index in [1.165, 1.54) is 247 Å². The first-order valence-electron chi connectivity index (χ1n) is 38.6. The van der Waals surface area contributed by atoms with Crippen LogP contribution in [-0.2, 0) is 90.6 Å². The van der Waals surface area contributed by atoms with Gasteiger partial charge in [-0.1, -0.05) is 27.0 Å². The number of amides is 7. The monoisotopic (exact) mass is 1970 g/mol. The van der Waals surface area contributed by atoms with E-state index >= 15 is 0 Å². The second-order valence-electron chi connectivity index (χ2n) is 14.8. The van der Waals surface area contributed by atoms with Crippen molar-refractivity contribution in [2.24, 2.45) is 156 Å². The zero-order chi connectivity index (χ0) is 116. The molecule has 0 spiro atoms. The Bertz CT molecular complexity index is 1780. The summed E-state index contributed by atoms with van der Waals surface area (Å²) in [5.74, 6) is -1.31. The normalized spacial score (nSPS) is 7.25. The Hall–Kier alpha value is -9.71. The first kappa shape index (κ1) is 236. The van der Waals surface area contributed by atoms with E-state index in [0.29, 0.717) is 23.5 Å². The van der Waals surface area contributed by atoms with Crippen LogP contribution in [0.15, 0.2) is 67.4 Å². The summed E-state index contributed by atoms with van der Waals surface area (Å²) in [6.07, 6.45) is 8.87. The summed E-state index contributed by atoms with van der Waals surface area (Å²) in [6, 6.07) is -0.155. The lowest BCUT2D eigenvalue weighted by atomic mass is 10.0. The molecule has 0 aliphatic carbocycles. The number of hydrogen-bond acceptors (Lipinski definition) is 46. The van der Waals surface area contributed by atoms with Crippen molar-refractivity contribution in [2.75, 3.05) is 293 Å². The Kier molecular flexibility index (Phi) is 714. The SMILES string of the molecule is C=C.C=C(C)C(=O)OC.C=C(C)C(=O)OCCOC(=O)CCSCC(CC(C)NC(C)=O)C(N)=O.CC.CN.CN.CN.CN.CN.CN.CN.CN.CN.CN.CN.CN.CN.CN.CN.CN.CN.CN.CN.CN.CN=COC.CN=COC.CN=COC.CN=COC.CN=COC.CN=COC.CNC(C)=O.CNC(C)=O.CNC(C)=O.CNC(C)=O.CNC(C)=O. The Balaban J connectivity index is -0.0000000235. The number of rotatable bonds is 20. The largest absolute Gasteiger partial charge is 0.487 e. The number of nitrogens with two attached hydrogens (primary N) is 21. The van der Waals surface area contributed by atoms with Crippen molar-refractivity contribution in [3.63, 3.8) is 0 Å². The maximum absolute atomic E-state index is 11.6. The van der Waals surface area contributed by atoms with Crippen LogP contribution in [0.25, 0.3) is 0 Å². The third-order valence-electron chi connectivity index (χ3n) is 6.75. The van der Waals surface area contributed by atoms with E-state index in [1.807, 2.05) is 13.8 Å². The van der Waals surface area contributed by atoms with Gasteiger partial charge in [-0.3, -0.25) is 68.3 Å². The number of nitrogens with one attached hydrogen (secondary N) is 6. The number of methoxy groups -OCH3 is 7. The van der Waals surface area contributed by atoms with Crippen molar-refractivity contribution in [3.05, 3.63) is 37.5 Å². The number of aliphatic imine (C=N–C) groups is 6. The molecule has 2 atom stereocenters. The van der Waals surface area contributed by atoms with Gasteiger partial charge in [-0.15, -0.1) is 13.2 Å². The molecule has 52 nitrogen and oxygen atoms in total. The minimum absolute atomic E-state index is 0.00463. The Morgan fingerprint density at radius 3 is 0.598 bits per heavy atom. The molecule has 824 valence electrons. The predicted molar refractivity (Wildman–Crippen MR) is 578 cm³/mol. The van der Waals surface area contributed by atoms with E-state index in [4.69, 9.17) is 15.2 Å². The third kappa shape index (κ3) is 734. The van der Waals surface area contributed by atoms with Crippen molar-refractivity contribution >= 4 is 109 Å². The van der Waals surface area contributed by atoms with Gasteiger partial charge in [0.1, 0.15) is 13.2 Å². The molecule has 0 aromatic heterocycles. The van der Waals surface area contributed by atoms with Crippen molar-refractivity contribution < 1.29 is 90.6 Å². The Morgan fingerprint density at radius 1 is 0.326 bits per heavy atom. The van der Waals surface area contributed by atoms with Gasteiger partial charge in [0.25, 0.3) is 0 Å². The first-order chi connectivity index (χ1) is 63.1. The second kappa shape index (κ2) is 399. The van der Waals surface area contributed by atoms with Crippen LogP contribution in [0.4, 0.5) is 0 Å². The van der Waals surface area contributed by atoms with Gasteiger partial charge in [-0.05, 0) is 168 Å². The fourth-order valence-corrected chi connectivity index (χ4v) is 3.83. The highest BCUT2D eigenvalue weighted by Gasteiger charge is 2.19. The molecule has 53 heteroatoms. The van der Waals surface area contributed by atoms with Gasteiger partial charge in [-0.2, -0.15) is 11.8 Å². The lowest BCUT2D eigenvalue weighted by molar-refractivity contribution is -0.149. The molecular formula is C79H223N33O19S. The quantitative estimate of drug-likeness (QED) is 0.0104. The molecule has 0 rings (SSSR count). The molecule has 0 aromatic rings. The molecule has 0 aliphatic heterocycles. The number of nitrogens with zero attached hydrogens (tertiary/aromatic N) is 6. The fraction of sp³-hybridized carbons (Fsp3) is 0.722. The first-order valence-corrected chi connectivity index (χ1v) is 39.7. The lowest BCUT2D eigenvalue weighted by Gasteiger charge is -2.18. The van der Waals surface area contributed by atoms with Crippen LogP contribution in [-0.4, -0.2) is 397 Å². The van der Waals surface area contributed by atoms with Gasteiger partial charge >= 0.3 is 17.9 Å². The molecular weight excluding hydrogens is 1750 g/mol. The molecule has 48 N–H and O–H groups in total. The van der Waals surface area contributed by atoms with E-state index in [1.54, 1.807) is 134 Å². The molecule has 0 aliphatic rings. The average molecular weight is 1970 g/mol. The molecule has 0 saturated heterocycles. The predicted octanol–water partition coefficient (Wildman–Crippen LogP) is -4.64.